The molecule has 0 aliphatic heterocycles. The van der Waals surface area contributed by atoms with Crippen LogP contribution in [0.5, 0.6) is 0 Å². The van der Waals surface area contributed by atoms with Gasteiger partial charge in [0, 0.05) is 12.7 Å². The molecule has 1 aromatic heterocycles. The Balaban J connectivity index is 2.63. The van der Waals surface area contributed by atoms with E-state index in [-0.39, 0.29) is 18.1 Å². The predicted molar refractivity (Wildman–Crippen MR) is 76.1 cm³/mol. The fourth-order valence-corrected chi connectivity index (χ4v) is 2.16. The minimum Gasteiger partial charge on any atom is -0.388 e. The summed E-state index contributed by atoms with van der Waals surface area (Å²) in [4.78, 5) is 15.9. The first-order chi connectivity index (χ1) is 9.54. The van der Waals surface area contributed by atoms with Crippen LogP contribution >= 0.6 is 0 Å². The Bertz CT molecular complexity index is 471. The number of carbonyl (C=O) groups is 1. The Hall–Kier alpha value is -1.93. The van der Waals surface area contributed by atoms with Crippen LogP contribution in [0.3, 0.4) is 0 Å². The quantitative estimate of drug-likeness (QED) is 0.797. The van der Waals surface area contributed by atoms with E-state index in [9.17, 15) is 9.90 Å². The van der Waals surface area contributed by atoms with Crippen LogP contribution in [0.15, 0.2) is 18.3 Å². The normalized spacial score (nSPS) is 10.9. The van der Waals surface area contributed by atoms with Crippen molar-refractivity contribution in [3.63, 3.8) is 0 Å². The number of nitriles is 1. The van der Waals surface area contributed by atoms with E-state index in [4.69, 9.17) is 5.26 Å². The molecule has 1 rings (SSSR count). The maximum absolute atomic E-state index is 11.9. The smallest absolute Gasteiger partial charge is 0.269 e. The number of rotatable bonds is 7. The first-order valence-electron chi connectivity index (χ1n) is 6.91. The molecule has 5 nitrogen and oxygen atoms in total. The maximum Gasteiger partial charge on any atom is 0.269 e. The average molecular weight is 275 g/mol. The van der Waals surface area contributed by atoms with E-state index in [1.807, 2.05) is 19.9 Å². The van der Waals surface area contributed by atoms with Gasteiger partial charge >= 0.3 is 0 Å². The van der Waals surface area contributed by atoms with Gasteiger partial charge in [-0.1, -0.05) is 26.7 Å². The van der Waals surface area contributed by atoms with Crippen molar-refractivity contribution in [2.75, 3.05) is 6.54 Å². The van der Waals surface area contributed by atoms with Crippen LogP contribution < -0.4 is 5.32 Å². The molecular weight excluding hydrogens is 254 g/mol. The standard InChI is InChI=1S/C15H21N3O2/c1-3-7-15(20,8-4-2)11-18-14(19)13-6-5-12(9-16)10-17-13/h5-6,10,20H,3-4,7-8,11H2,1-2H3,(H,18,19). The Kier molecular flexibility index (Phi) is 6.13. The molecule has 1 heterocycles. The van der Waals surface area contributed by atoms with Gasteiger partial charge < -0.3 is 10.4 Å². The van der Waals surface area contributed by atoms with Gasteiger partial charge in [0.25, 0.3) is 5.91 Å². The summed E-state index contributed by atoms with van der Waals surface area (Å²) in [7, 11) is 0. The largest absolute Gasteiger partial charge is 0.388 e. The monoisotopic (exact) mass is 275 g/mol. The number of carbonyl (C=O) groups excluding carboxylic acids is 1. The van der Waals surface area contributed by atoms with Gasteiger partial charge in [0.1, 0.15) is 11.8 Å². The van der Waals surface area contributed by atoms with Crippen molar-refractivity contribution in [3.05, 3.63) is 29.6 Å². The molecule has 108 valence electrons. The summed E-state index contributed by atoms with van der Waals surface area (Å²) in [5, 5.41) is 21.8. The van der Waals surface area contributed by atoms with Crippen LogP contribution in [0.1, 0.15) is 55.6 Å². The highest BCUT2D eigenvalue weighted by Gasteiger charge is 2.25. The fourth-order valence-electron chi connectivity index (χ4n) is 2.16. The molecule has 0 unspecified atom stereocenters. The van der Waals surface area contributed by atoms with Gasteiger partial charge in [0.05, 0.1) is 11.2 Å². The summed E-state index contributed by atoms with van der Waals surface area (Å²) in [5.41, 5.74) is -0.194. The highest BCUT2D eigenvalue weighted by Crippen LogP contribution is 2.18. The van der Waals surface area contributed by atoms with Gasteiger partial charge in [-0.2, -0.15) is 5.26 Å². The van der Waals surface area contributed by atoms with Crippen LogP contribution in [0.2, 0.25) is 0 Å². The summed E-state index contributed by atoms with van der Waals surface area (Å²) in [6.45, 7) is 4.23. The van der Waals surface area contributed by atoms with Gasteiger partial charge in [-0.25, -0.2) is 4.98 Å². The number of hydrogen-bond acceptors (Lipinski definition) is 4. The second kappa shape index (κ2) is 7.61. The molecule has 0 saturated heterocycles. The van der Waals surface area contributed by atoms with E-state index >= 15 is 0 Å². The first kappa shape index (κ1) is 16.1. The topological polar surface area (TPSA) is 86.0 Å². The van der Waals surface area contributed by atoms with Gasteiger partial charge in [-0.3, -0.25) is 4.79 Å². The van der Waals surface area contributed by atoms with Crippen molar-refractivity contribution in [3.8, 4) is 6.07 Å². The van der Waals surface area contributed by atoms with Gasteiger partial charge in [0.2, 0.25) is 0 Å². The number of pyridine rings is 1. The average Bonchev–Trinajstić information content (AvgIpc) is 2.45. The third-order valence-corrected chi connectivity index (χ3v) is 3.13. The highest BCUT2D eigenvalue weighted by molar-refractivity contribution is 5.92. The van der Waals surface area contributed by atoms with Crippen molar-refractivity contribution in [1.29, 1.82) is 5.26 Å². The van der Waals surface area contributed by atoms with Gasteiger partial charge in [-0.15, -0.1) is 0 Å². The molecule has 1 amide bonds. The fraction of sp³-hybridized carbons (Fsp3) is 0.533. The third kappa shape index (κ3) is 4.63. The minimum absolute atomic E-state index is 0.217. The van der Waals surface area contributed by atoms with Crippen molar-refractivity contribution in [1.82, 2.24) is 10.3 Å². The zero-order valence-electron chi connectivity index (χ0n) is 12.0. The molecule has 0 aliphatic carbocycles. The zero-order chi connectivity index (χ0) is 15.0. The number of amides is 1. The Morgan fingerprint density at radius 3 is 2.50 bits per heavy atom. The zero-order valence-corrected chi connectivity index (χ0v) is 12.0. The number of aromatic nitrogens is 1. The second-order valence-electron chi connectivity index (χ2n) is 4.95. The molecule has 20 heavy (non-hydrogen) atoms. The van der Waals surface area contributed by atoms with E-state index in [0.717, 1.165) is 12.8 Å². The van der Waals surface area contributed by atoms with Gasteiger partial charge in [-0.05, 0) is 25.0 Å². The summed E-state index contributed by atoms with van der Waals surface area (Å²) in [6.07, 6.45) is 4.39. The second-order valence-corrected chi connectivity index (χ2v) is 4.95. The summed E-state index contributed by atoms with van der Waals surface area (Å²) >= 11 is 0. The third-order valence-electron chi connectivity index (χ3n) is 3.13. The molecule has 0 saturated carbocycles. The molecule has 0 aliphatic rings. The van der Waals surface area contributed by atoms with Crippen LogP contribution in [0, 0.1) is 11.3 Å². The lowest BCUT2D eigenvalue weighted by Crippen LogP contribution is -2.43. The van der Waals surface area contributed by atoms with E-state index < -0.39 is 5.60 Å². The lowest BCUT2D eigenvalue weighted by atomic mass is 9.92. The van der Waals surface area contributed by atoms with E-state index in [1.165, 1.54) is 12.3 Å². The van der Waals surface area contributed by atoms with Crippen molar-refractivity contribution < 1.29 is 9.90 Å². The number of hydrogen-bond donors (Lipinski definition) is 2. The van der Waals surface area contributed by atoms with Crippen LogP contribution in [-0.2, 0) is 0 Å². The van der Waals surface area contributed by atoms with Crippen molar-refractivity contribution in [2.45, 2.75) is 45.1 Å². The molecule has 0 fully saturated rings. The highest BCUT2D eigenvalue weighted by atomic mass is 16.3. The maximum atomic E-state index is 11.9. The number of nitrogens with one attached hydrogen (secondary N) is 1. The molecular formula is C15H21N3O2. The number of nitrogens with zero attached hydrogens (tertiary/aromatic N) is 2. The predicted octanol–water partition coefficient (Wildman–Crippen LogP) is 2.01. The molecule has 0 spiro atoms. The number of aliphatic hydroxyl groups is 1. The van der Waals surface area contributed by atoms with E-state index in [0.29, 0.717) is 18.4 Å². The molecule has 1 aromatic rings. The molecule has 0 bridgehead atoms. The molecule has 0 aromatic carbocycles. The molecule has 0 radical (unpaired) electrons. The van der Waals surface area contributed by atoms with Crippen LogP contribution in [0.4, 0.5) is 0 Å². The van der Waals surface area contributed by atoms with Crippen molar-refractivity contribution >= 4 is 5.91 Å². The van der Waals surface area contributed by atoms with Gasteiger partial charge in [0.15, 0.2) is 0 Å². The van der Waals surface area contributed by atoms with Crippen LogP contribution in [-0.4, -0.2) is 28.1 Å². The minimum atomic E-state index is -0.855. The molecule has 5 heteroatoms. The van der Waals surface area contributed by atoms with E-state index in [1.54, 1.807) is 6.07 Å². The summed E-state index contributed by atoms with van der Waals surface area (Å²) < 4.78 is 0. The molecule has 2 N–H and O–H groups in total. The lowest BCUT2D eigenvalue weighted by molar-refractivity contribution is 0.0212. The SMILES string of the molecule is CCCC(O)(CCC)CNC(=O)c1ccc(C#N)cn1. The lowest BCUT2D eigenvalue weighted by Gasteiger charge is -2.27. The summed E-state index contributed by atoms with van der Waals surface area (Å²) in [6, 6.07) is 5.00. The first-order valence-corrected chi connectivity index (χ1v) is 6.91. The van der Waals surface area contributed by atoms with E-state index in [2.05, 4.69) is 10.3 Å². The molecule has 0 atom stereocenters. The Morgan fingerprint density at radius 1 is 1.40 bits per heavy atom. The Labute approximate surface area is 119 Å². The van der Waals surface area contributed by atoms with Crippen LogP contribution in [0.25, 0.3) is 0 Å². The Morgan fingerprint density at radius 2 is 2.05 bits per heavy atom. The summed E-state index contributed by atoms with van der Waals surface area (Å²) in [5.74, 6) is -0.333. The van der Waals surface area contributed by atoms with Crippen molar-refractivity contribution in [2.24, 2.45) is 0 Å².